The summed E-state index contributed by atoms with van der Waals surface area (Å²) in [5.41, 5.74) is 1.95. The smallest absolute Gasteiger partial charge is 0.317 e. The fourth-order valence-corrected chi connectivity index (χ4v) is 2.86. The maximum Gasteiger partial charge on any atom is 0.317 e. The summed E-state index contributed by atoms with van der Waals surface area (Å²) in [5.74, 6) is 0.0537. The van der Waals surface area contributed by atoms with Crippen LogP contribution in [0.25, 0.3) is 0 Å². The summed E-state index contributed by atoms with van der Waals surface area (Å²) in [6, 6.07) is 7.97. The van der Waals surface area contributed by atoms with Crippen LogP contribution in [-0.2, 0) is 4.79 Å². The van der Waals surface area contributed by atoms with Crippen LogP contribution < -0.4 is 15.5 Å². The van der Waals surface area contributed by atoms with Crippen molar-refractivity contribution in [2.75, 3.05) is 42.9 Å². The number of benzene rings is 1. The molecule has 1 aliphatic rings. The van der Waals surface area contributed by atoms with Crippen molar-refractivity contribution in [3.05, 3.63) is 24.3 Å². The molecule has 0 saturated carbocycles. The van der Waals surface area contributed by atoms with E-state index in [1.54, 1.807) is 0 Å². The number of carbonyl (C=O) groups is 2. The molecule has 2 N–H and O–H groups in total. The van der Waals surface area contributed by atoms with E-state index in [9.17, 15) is 9.59 Å². The zero-order chi connectivity index (χ0) is 18.1. The van der Waals surface area contributed by atoms with Crippen LogP contribution in [0.15, 0.2) is 24.3 Å². The number of urea groups is 1. The number of hydrogen-bond donors (Lipinski definition) is 2. The lowest BCUT2D eigenvalue weighted by Gasteiger charge is -2.36. The predicted molar refractivity (Wildman–Crippen MR) is 102 cm³/mol. The van der Waals surface area contributed by atoms with E-state index in [-0.39, 0.29) is 11.9 Å². The summed E-state index contributed by atoms with van der Waals surface area (Å²) in [5, 5.41) is 5.87. The second kappa shape index (κ2) is 9.91. The normalized spacial score (nSPS) is 14.3. The van der Waals surface area contributed by atoms with Gasteiger partial charge in [0.1, 0.15) is 0 Å². The van der Waals surface area contributed by atoms with Gasteiger partial charge in [-0.2, -0.15) is 0 Å². The molecule has 1 fully saturated rings. The van der Waals surface area contributed by atoms with Gasteiger partial charge >= 0.3 is 6.03 Å². The largest absolute Gasteiger partial charge is 0.368 e. The Bertz CT molecular complexity index is 551. The highest BCUT2D eigenvalue weighted by atomic mass is 16.2. The third kappa shape index (κ3) is 5.96. The van der Waals surface area contributed by atoms with Gasteiger partial charge in [-0.25, -0.2) is 4.79 Å². The highest BCUT2D eigenvalue weighted by Crippen LogP contribution is 2.19. The molecule has 0 unspecified atom stereocenters. The zero-order valence-corrected chi connectivity index (χ0v) is 15.4. The van der Waals surface area contributed by atoms with Gasteiger partial charge in [0.2, 0.25) is 5.91 Å². The average Bonchev–Trinajstić information content (AvgIpc) is 2.63. The van der Waals surface area contributed by atoms with Crippen LogP contribution in [0.4, 0.5) is 16.2 Å². The Kier molecular flexibility index (Phi) is 7.57. The monoisotopic (exact) mass is 346 g/mol. The minimum Gasteiger partial charge on any atom is -0.368 e. The molecule has 0 bridgehead atoms. The number of amides is 3. The summed E-state index contributed by atoms with van der Waals surface area (Å²) < 4.78 is 0. The first-order valence-electron chi connectivity index (χ1n) is 9.31. The van der Waals surface area contributed by atoms with Gasteiger partial charge in [0.05, 0.1) is 0 Å². The quantitative estimate of drug-likeness (QED) is 0.746. The molecule has 1 aromatic rings. The van der Waals surface area contributed by atoms with Crippen LogP contribution in [-0.4, -0.2) is 49.6 Å². The highest BCUT2D eigenvalue weighted by molar-refractivity contribution is 5.90. The van der Waals surface area contributed by atoms with Crippen LogP contribution in [0.5, 0.6) is 0 Å². The SMILES string of the molecule is CCCCNC(=O)N1CCN(c2ccc(NC(=O)CCC)cc2)CC1. The minimum absolute atomic E-state index is 0.0436. The van der Waals surface area contributed by atoms with E-state index in [0.717, 1.165) is 63.4 Å². The zero-order valence-electron chi connectivity index (χ0n) is 15.4. The molecule has 0 aromatic heterocycles. The van der Waals surface area contributed by atoms with Gasteiger partial charge in [-0.15, -0.1) is 0 Å². The van der Waals surface area contributed by atoms with E-state index < -0.39 is 0 Å². The highest BCUT2D eigenvalue weighted by Gasteiger charge is 2.20. The predicted octanol–water partition coefficient (Wildman–Crippen LogP) is 3.06. The first-order valence-corrected chi connectivity index (χ1v) is 9.31. The molecule has 2 rings (SSSR count). The van der Waals surface area contributed by atoms with Gasteiger partial charge in [0, 0.05) is 50.5 Å². The molecule has 0 spiro atoms. The van der Waals surface area contributed by atoms with Crippen LogP contribution in [0.1, 0.15) is 39.5 Å². The van der Waals surface area contributed by atoms with Crippen molar-refractivity contribution in [1.29, 1.82) is 0 Å². The van der Waals surface area contributed by atoms with Crippen molar-refractivity contribution in [3.8, 4) is 0 Å². The lowest BCUT2D eigenvalue weighted by molar-refractivity contribution is -0.116. The number of carbonyl (C=O) groups excluding carboxylic acids is 2. The Labute approximate surface area is 150 Å². The van der Waals surface area contributed by atoms with Gasteiger partial charge in [0.25, 0.3) is 0 Å². The maximum atomic E-state index is 12.1. The standard InChI is InChI=1S/C19H30N4O2/c1-3-5-11-20-19(25)23-14-12-22(13-15-23)17-9-7-16(8-10-17)21-18(24)6-4-2/h7-10H,3-6,11-15H2,1-2H3,(H,20,25)(H,21,24). The number of hydrogen-bond acceptors (Lipinski definition) is 3. The maximum absolute atomic E-state index is 12.1. The second-order valence-corrected chi connectivity index (χ2v) is 6.40. The molecular formula is C19H30N4O2. The fraction of sp³-hybridized carbons (Fsp3) is 0.579. The Morgan fingerprint density at radius 1 is 1.00 bits per heavy atom. The topological polar surface area (TPSA) is 64.7 Å². The number of anilines is 2. The summed E-state index contributed by atoms with van der Waals surface area (Å²) in [4.78, 5) is 27.9. The summed E-state index contributed by atoms with van der Waals surface area (Å²) in [7, 11) is 0. The van der Waals surface area contributed by atoms with E-state index >= 15 is 0 Å². The third-order valence-corrected chi connectivity index (χ3v) is 4.37. The molecule has 1 heterocycles. The van der Waals surface area contributed by atoms with E-state index in [1.807, 2.05) is 36.1 Å². The number of nitrogens with zero attached hydrogens (tertiary/aromatic N) is 2. The second-order valence-electron chi connectivity index (χ2n) is 6.40. The first-order chi connectivity index (χ1) is 12.1. The summed E-state index contributed by atoms with van der Waals surface area (Å²) in [6.45, 7) is 7.96. The van der Waals surface area contributed by atoms with E-state index in [4.69, 9.17) is 0 Å². The molecule has 6 heteroatoms. The van der Waals surface area contributed by atoms with Crippen molar-refractivity contribution in [1.82, 2.24) is 10.2 Å². The molecule has 1 aliphatic heterocycles. The van der Waals surface area contributed by atoms with Crippen molar-refractivity contribution < 1.29 is 9.59 Å². The Morgan fingerprint density at radius 2 is 1.68 bits per heavy atom. The molecule has 0 aliphatic carbocycles. The fourth-order valence-electron chi connectivity index (χ4n) is 2.86. The molecule has 3 amide bonds. The van der Waals surface area contributed by atoms with Crippen LogP contribution in [0.3, 0.4) is 0 Å². The molecular weight excluding hydrogens is 316 g/mol. The minimum atomic E-state index is 0.0436. The van der Waals surface area contributed by atoms with Gasteiger partial charge in [-0.05, 0) is 37.1 Å². The van der Waals surface area contributed by atoms with Crippen LogP contribution >= 0.6 is 0 Å². The molecule has 1 aromatic carbocycles. The molecule has 0 atom stereocenters. The Morgan fingerprint density at radius 3 is 2.28 bits per heavy atom. The van der Waals surface area contributed by atoms with E-state index in [0.29, 0.717) is 6.42 Å². The molecule has 25 heavy (non-hydrogen) atoms. The van der Waals surface area contributed by atoms with Gasteiger partial charge in [-0.3, -0.25) is 4.79 Å². The molecule has 0 radical (unpaired) electrons. The summed E-state index contributed by atoms with van der Waals surface area (Å²) in [6.07, 6.45) is 3.50. The first kappa shape index (κ1) is 19.1. The van der Waals surface area contributed by atoms with Crippen molar-refractivity contribution in [3.63, 3.8) is 0 Å². The van der Waals surface area contributed by atoms with Crippen molar-refractivity contribution in [2.45, 2.75) is 39.5 Å². The number of piperazine rings is 1. The van der Waals surface area contributed by atoms with Crippen LogP contribution in [0, 0.1) is 0 Å². The third-order valence-electron chi connectivity index (χ3n) is 4.37. The van der Waals surface area contributed by atoms with Crippen LogP contribution in [0.2, 0.25) is 0 Å². The van der Waals surface area contributed by atoms with Crippen molar-refractivity contribution in [2.24, 2.45) is 0 Å². The lowest BCUT2D eigenvalue weighted by atomic mass is 10.2. The molecule has 138 valence electrons. The van der Waals surface area contributed by atoms with Gasteiger partial charge in [0.15, 0.2) is 0 Å². The van der Waals surface area contributed by atoms with Crippen molar-refractivity contribution >= 4 is 23.3 Å². The van der Waals surface area contributed by atoms with Gasteiger partial charge < -0.3 is 20.4 Å². The van der Waals surface area contributed by atoms with E-state index in [2.05, 4.69) is 22.5 Å². The Hall–Kier alpha value is -2.24. The lowest BCUT2D eigenvalue weighted by Crippen LogP contribution is -2.52. The summed E-state index contributed by atoms with van der Waals surface area (Å²) >= 11 is 0. The molecule has 1 saturated heterocycles. The average molecular weight is 346 g/mol. The number of unbranched alkanes of at least 4 members (excludes halogenated alkanes) is 1. The van der Waals surface area contributed by atoms with E-state index in [1.165, 1.54) is 0 Å². The molecule has 6 nitrogen and oxygen atoms in total. The number of nitrogens with one attached hydrogen (secondary N) is 2. The number of rotatable bonds is 7. The van der Waals surface area contributed by atoms with Gasteiger partial charge in [-0.1, -0.05) is 20.3 Å². The Balaban J connectivity index is 1.80.